The number of hydrogen-bond donors (Lipinski definition) is 2. The number of rotatable bonds is 7. The summed E-state index contributed by atoms with van der Waals surface area (Å²) < 4.78 is 27.5. The molecule has 3 aromatic rings. The number of nitriles is 1. The molecular formula is C29H30F2N8O3. The van der Waals surface area contributed by atoms with Crippen LogP contribution in [0.1, 0.15) is 34.2 Å². The normalized spacial score (nSPS) is 18.4. The zero-order valence-electron chi connectivity index (χ0n) is 23.0. The highest BCUT2D eigenvalue weighted by Gasteiger charge is 2.47. The minimum Gasteiger partial charge on any atom is -0.343 e. The van der Waals surface area contributed by atoms with Gasteiger partial charge in [-0.25, -0.2) is 13.8 Å². The molecule has 42 heavy (non-hydrogen) atoms. The van der Waals surface area contributed by atoms with Gasteiger partial charge in [0.25, 0.3) is 17.7 Å². The van der Waals surface area contributed by atoms with E-state index in [0.717, 1.165) is 42.2 Å². The van der Waals surface area contributed by atoms with Gasteiger partial charge in [-0.3, -0.25) is 29.4 Å². The van der Waals surface area contributed by atoms with Crippen molar-refractivity contribution in [3.8, 4) is 17.2 Å². The van der Waals surface area contributed by atoms with Crippen LogP contribution in [0.15, 0.2) is 48.8 Å². The Morgan fingerprint density at radius 2 is 1.90 bits per heavy atom. The molecule has 5 rings (SSSR count). The number of carbonyl (C=O) groups is 3. The number of nitrogens with zero attached hydrogens (tertiary/aromatic N) is 6. The monoisotopic (exact) mass is 576 g/mol. The van der Waals surface area contributed by atoms with E-state index in [1.807, 2.05) is 18.0 Å². The Kier molecular flexibility index (Phi) is 8.37. The second-order valence-electron chi connectivity index (χ2n) is 10.2. The summed E-state index contributed by atoms with van der Waals surface area (Å²) in [5.41, 5.74) is 2.56. The minimum absolute atomic E-state index is 0.180. The molecule has 11 nitrogen and oxygen atoms in total. The quantitative estimate of drug-likeness (QED) is 0.437. The van der Waals surface area contributed by atoms with Crippen molar-refractivity contribution in [1.82, 2.24) is 35.5 Å². The van der Waals surface area contributed by atoms with E-state index in [1.165, 1.54) is 12.3 Å². The van der Waals surface area contributed by atoms with Crippen LogP contribution in [0, 0.1) is 11.3 Å². The smallest absolute Gasteiger partial charge is 0.286 e. The number of carbonyl (C=O) groups excluding carboxylic acids is 3. The van der Waals surface area contributed by atoms with Crippen LogP contribution in [0.5, 0.6) is 0 Å². The molecule has 0 saturated carbocycles. The maximum absolute atomic E-state index is 13.7. The van der Waals surface area contributed by atoms with E-state index in [-0.39, 0.29) is 11.5 Å². The van der Waals surface area contributed by atoms with Gasteiger partial charge in [0.15, 0.2) is 0 Å². The van der Waals surface area contributed by atoms with Gasteiger partial charge < -0.3 is 15.5 Å². The van der Waals surface area contributed by atoms with Crippen LogP contribution in [0.4, 0.5) is 8.78 Å². The number of aromatic nitrogens is 2. The van der Waals surface area contributed by atoms with Gasteiger partial charge in [0.1, 0.15) is 11.7 Å². The summed E-state index contributed by atoms with van der Waals surface area (Å²) in [7, 11) is 0. The third-order valence-corrected chi connectivity index (χ3v) is 7.41. The number of amides is 3. The average Bonchev–Trinajstić information content (AvgIpc) is 3.34. The molecule has 2 aliphatic rings. The molecule has 13 heteroatoms. The molecule has 4 heterocycles. The molecule has 3 amide bonds. The lowest BCUT2D eigenvalue weighted by molar-refractivity contribution is -0.131. The lowest BCUT2D eigenvalue weighted by Crippen LogP contribution is -2.54. The van der Waals surface area contributed by atoms with E-state index in [1.54, 1.807) is 41.5 Å². The van der Waals surface area contributed by atoms with Gasteiger partial charge in [0, 0.05) is 62.5 Å². The lowest BCUT2D eigenvalue weighted by atomic mass is 10.0. The number of nitrogens with one attached hydrogen (secondary N) is 2. The van der Waals surface area contributed by atoms with Crippen LogP contribution in [-0.2, 0) is 4.79 Å². The van der Waals surface area contributed by atoms with Gasteiger partial charge in [-0.1, -0.05) is 12.1 Å². The highest BCUT2D eigenvalue weighted by Crippen LogP contribution is 2.31. The number of piperazine rings is 1. The molecular weight excluding hydrogens is 546 g/mol. The van der Waals surface area contributed by atoms with Gasteiger partial charge in [0.2, 0.25) is 5.91 Å². The largest absolute Gasteiger partial charge is 0.343 e. The molecule has 2 N–H and O–H groups in total. The molecule has 0 unspecified atom stereocenters. The summed E-state index contributed by atoms with van der Waals surface area (Å²) in [4.78, 5) is 48.3. The number of pyridine rings is 2. The van der Waals surface area contributed by atoms with Crippen LogP contribution < -0.4 is 10.6 Å². The maximum atomic E-state index is 13.7. The Hall–Kier alpha value is -4.54. The van der Waals surface area contributed by atoms with E-state index >= 15 is 0 Å². The molecule has 1 atom stereocenters. The fourth-order valence-corrected chi connectivity index (χ4v) is 5.26. The Balaban J connectivity index is 1.31. The molecule has 218 valence electrons. The molecule has 0 spiro atoms. The van der Waals surface area contributed by atoms with Crippen molar-refractivity contribution in [1.29, 1.82) is 5.26 Å². The molecule has 2 fully saturated rings. The van der Waals surface area contributed by atoms with Crippen molar-refractivity contribution in [3.63, 3.8) is 0 Å². The SMILES string of the molecule is CCN(C(=O)c1ccc(-c2ccc3nccc(C(=O)NCC(=O)N4CC(F)(F)C[C@H]4C#N)c3c2)cn1)N1CCNCC1. The highest BCUT2D eigenvalue weighted by molar-refractivity contribution is 6.07. The second-order valence-corrected chi connectivity index (χ2v) is 10.2. The molecule has 1 aromatic carbocycles. The first kappa shape index (κ1) is 29.0. The molecule has 2 aromatic heterocycles. The van der Waals surface area contributed by atoms with Crippen molar-refractivity contribution in [3.05, 3.63) is 60.0 Å². The predicted octanol–water partition coefficient (Wildman–Crippen LogP) is 2.07. The van der Waals surface area contributed by atoms with Crippen LogP contribution in [0.2, 0.25) is 0 Å². The first-order valence-electron chi connectivity index (χ1n) is 13.7. The van der Waals surface area contributed by atoms with Gasteiger partial charge in [-0.2, -0.15) is 5.26 Å². The number of benzene rings is 1. The summed E-state index contributed by atoms with van der Waals surface area (Å²) in [6.07, 6.45) is 2.34. The first-order chi connectivity index (χ1) is 20.2. The summed E-state index contributed by atoms with van der Waals surface area (Å²) in [5.74, 6) is -4.66. The standard InChI is InChI=1S/C29H30F2N8O3/c1-2-39(37-11-9-33-10-12-37)28(42)25-6-4-20(16-35-25)19-3-5-24-23(13-19)22(7-8-34-24)27(41)36-17-26(40)38-18-29(30,31)14-21(38)15-32/h3-8,13,16,21,33H,2,9-12,14,17-18H2,1H3,(H,36,41)/t21-/m0/s1. The zero-order valence-corrected chi connectivity index (χ0v) is 23.0. The summed E-state index contributed by atoms with van der Waals surface area (Å²) in [5, 5.41) is 19.1. The van der Waals surface area contributed by atoms with Gasteiger partial charge >= 0.3 is 0 Å². The first-order valence-corrected chi connectivity index (χ1v) is 13.7. The topological polar surface area (TPSA) is 135 Å². The maximum Gasteiger partial charge on any atom is 0.286 e. The van der Waals surface area contributed by atoms with Crippen LogP contribution in [-0.4, -0.2) is 100 Å². The van der Waals surface area contributed by atoms with E-state index < -0.39 is 43.3 Å². The number of hydrazine groups is 1. The molecule has 0 radical (unpaired) electrons. The van der Waals surface area contributed by atoms with Gasteiger partial charge in [0.05, 0.1) is 30.2 Å². The van der Waals surface area contributed by atoms with E-state index in [0.29, 0.717) is 23.1 Å². The van der Waals surface area contributed by atoms with Crippen molar-refractivity contribution >= 4 is 28.6 Å². The third kappa shape index (κ3) is 6.05. The highest BCUT2D eigenvalue weighted by atomic mass is 19.3. The molecule has 0 aliphatic carbocycles. The molecule has 0 bridgehead atoms. The summed E-state index contributed by atoms with van der Waals surface area (Å²) in [6.45, 7) is 4.16. The average molecular weight is 577 g/mol. The van der Waals surface area contributed by atoms with E-state index in [9.17, 15) is 23.2 Å². The number of alkyl halides is 2. The Bertz CT molecular complexity index is 1540. The van der Waals surface area contributed by atoms with Gasteiger partial charge in [-0.05, 0) is 36.8 Å². The summed E-state index contributed by atoms with van der Waals surface area (Å²) >= 11 is 0. The second kappa shape index (κ2) is 12.1. The fraction of sp³-hybridized carbons (Fsp3) is 0.379. The number of hydrogen-bond acceptors (Lipinski definition) is 8. The third-order valence-electron chi connectivity index (χ3n) is 7.41. The Labute approximate surface area is 241 Å². The number of fused-ring (bicyclic) bond motifs is 1. The van der Waals surface area contributed by atoms with Crippen LogP contribution in [0.3, 0.4) is 0 Å². The van der Waals surface area contributed by atoms with Crippen molar-refractivity contribution in [2.75, 3.05) is 45.8 Å². The molecule has 2 aliphatic heterocycles. The van der Waals surface area contributed by atoms with Crippen molar-refractivity contribution in [2.24, 2.45) is 0 Å². The van der Waals surface area contributed by atoms with E-state index in [2.05, 4.69) is 20.6 Å². The Morgan fingerprint density at radius 3 is 2.60 bits per heavy atom. The van der Waals surface area contributed by atoms with E-state index in [4.69, 9.17) is 5.26 Å². The predicted molar refractivity (Wildman–Crippen MR) is 149 cm³/mol. The fourth-order valence-electron chi connectivity index (χ4n) is 5.26. The van der Waals surface area contributed by atoms with Gasteiger partial charge in [-0.15, -0.1) is 0 Å². The van der Waals surface area contributed by atoms with Crippen molar-refractivity contribution in [2.45, 2.75) is 25.3 Å². The van der Waals surface area contributed by atoms with Crippen LogP contribution in [0.25, 0.3) is 22.0 Å². The van der Waals surface area contributed by atoms with Crippen molar-refractivity contribution < 1.29 is 23.2 Å². The minimum atomic E-state index is -3.14. The number of halogens is 2. The number of likely N-dealkylation sites (tertiary alicyclic amines) is 1. The van der Waals surface area contributed by atoms with Crippen LogP contribution >= 0.6 is 0 Å². The summed E-state index contributed by atoms with van der Waals surface area (Å²) in [6, 6.07) is 10.8. The molecule has 2 saturated heterocycles. The Morgan fingerprint density at radius 1 is 1.14 bits per heavy atom. The lowest BCUT2D eigenvalue weighted by Gasteiger charge is -2.36. The zero-order chi connectivity index (χ0) is 29.9.